The number of ether oxygens (including phenoxy) is 1. The van der Waals surface area contributed by atoms with Gasteiger partial charge in [0.05, 0.1) is 29.7 Å². The third-order valence-electron chi connectivity index (χ3n) is 3.30. The number of rotatable bonds is 5. The van der Waals surface area contributed by atoms with E-state index < -0.39 is 0 Å². The fourth-order valence-corrected chi connectivity index (χ4v) is 2.28. The summed E-state index contributed by atoms with van der Waals surface area (Å²) < 4.78 is 7.06. The lowest BCUT2D eigenvalue weighted by Crippen LogP contribution is -2.03. The topological polar surface area (TPSA) is 50.8 Å². The molecule has 0 aliphatic carbocycles. The molecule has 0 N–H and O–H groups in total. The maximum atomic E-state index is 9.38. The quantitative estimate of drug-likeness (QED) is 0.837. The molecular formula is C16H19N3O. The Bertz CT molecular complexity index is 620. The van der Waals surface area contributed by atoms with Gasteiger partial charge in [-0.25, -0.2) is 4.68 Å². The third kappa shape index (κ3) is 2.53. The van der Waals surface area contributed by atoms with Crippen LogP contribution in [0.25, 0.3) is 5.69 Å². The highest BCUT2D eigenvalue weighted by molar-refractivity contribution is 5.45. The standard InChI is InChI=1S/C16H19N3O/c1-4-6-16-14(11-17)15(5-2)18-19(16)12-7-9-13(20-3)10-8-12/h7-10H,4-6H2,1-3H3. The summed E-state index contributed by atoms with van der Waals surface area (Å²) in [5.74, 6) is 0.814. The number of aryl methyl sites for hydroxylation is 1. The molecule has 0 saturated carbocycles. The van der Waals surface area contributed by atoms with Gasteiger partial charge >= 0.3 is 0 Å². The third-order valence-corrected chi connectivity index (χ3v) is 3.30. The molecule has 4 nitrogen and oxygen atoms in total. The normalized spacial score (nSPS) is 10.3. The molecule has 4 heteroatoms. The van der Waals surface area contributed by atoms with Gasteiger partial charge in [0.1, 0.15) is 11.8 Å². The van der Waals surface area contributed by atoms with Gasteiger partial charge in [-0.2, -0.15) is 10.4 Å². The van der Waals surface area contributed by atoms with Crippen LogP contribution in [0.2, 0.25) is 0 Å². The fraction of sp³-hybridized carbons (Fsp3) is 0.375. The van der Waals surface area contributed by atoms with Gasteiger partial charge < -0.3 is 4.74 Å². The molecule has 0 aliphatic rings. The minimum atomic E-state index is 0.727. The molecule has 0 amide bonds. The predicted molar refractivity (Wildman–Crippen MR) is 78.2 cm³/mol. The van der Waals surface area contributed by atoms with E-state index in [0.29, 0.717) is 0 Å². The lowest BCUT2D eigenvalue weighted by Gasteiger charge is -2.07. The van der Waals surface area contributed by atoms with Crippen molar-refractivity contribution in [1.29, 1.82) is 5.26 Å². The number of benzene rings is 1. The van der Waals surface area contributed by atoms with Crippen LogP contribution in [0.4, 0.5) is 0 Å². The molecule has 0 radical (unpaired) electrons. The monoisotopic (exact) mass is 269 g/mol. The van der Waals surface area contributed by atoms with Gasteiger partial charge in [-0.05, 0) is 37.1 Å². The summed E-state index contributed by atoms with van der Waals surface area (Å²) in [4.78, 5) is 0. The Labute approximate surface area is 119 Å². The van der Waals surface area contributed by atoms with Crippen molar-refractivity contribution in [2.24, 2.45) is 0 Å². The maximum absolute atomic E-state index is 9.38. The first kappa shape index (κ1) is 14.1. The van der Waals surface area contributed by atoms with Crippen molar-refractivity contribution >= 4 is 0 Å². The zero-order valence-corrected chi connectivity index (χ0v) is 12.2. The van der Waals surface area contributed by atoms with Crippen molar-refractivity contribution in [3.8, 4) is 17.5 Å². The van der Waals surface area contributed by atoms with Crippen LogP contribution in [-0.2, 0) is 12.8 Å². The Hall–Kier alpha value is -2.28. The van der Waals surface area contributed by atoms with E-state index in [1.807, 2.05) is 35.9 Å². The van der Waals surface area contributed by atoms with E-state index in [0.717, 1.165) is 47.7 Å². The molecule has 2 aromatic rings. The van der Waals surface area contributed by atoms with Crippen LogP contribution in [0, 0.1) is 11.3 Å². The molecule has 2 rings (SSSR count). The summed E-state index contributed by atoms with van der Waals surface area (Å²) >= 11 is 0. The van der Waals surface area contributed by atoms with E-state index in [1.165, 1.54) is 0 Å². The zero-order chi connectivity index (χ0) is 14.5. The first-order chi connectivity index (χ1) is 9.74. The van der Waals surface area contributed by atoms with Gasteiger partial charge in [-0.3, -0.25) is 0 Å². The maximum Gasteiger partial charge on any atom is 0.119 e. The van der Waals surface area contributed by atoms with Crippen molar-refractivity contribution < 1.29 is 4.74 Å². The average molecular weight is 269 g/mol. The van der Waals surface area contributed by atoms with Gasteiger partial charge in [0.15, 0.2) is 0 Å². The summed E-state index contributed by atoms with van der Waals surface area (Å²) in [5, 5.41) is 14.0. The van der Waals surface area contributed by atoms with Crippen LogP contribution in [0.5, 0.6) is 5.75 Å². The van der Waals surface area contributed by atoms with Crippen LogP contribution in [0.3, 0.4) is 0 Å². The van der Waals surface area contributed by atoms with E-state index in [1.54, 1.807) is 7.11 Å². The SMILES string of the molecule is CCCc1c(C#N)c(CC)nn1-c1ccc(OC)cc1. The molecule has 0 unspecified atom stereocenters. The highest BCUT2D eigenvalue weighted by Gasteiger charge is 2.16. The lowest BCUT2D eigenvalue weighted by molar-refractivity contribution is 0.414. The van der Waals surface area contributed by atoms with Gasteiger partial charge in [0.2, 0.25) is 0 Å². The second-order valence-electron chi connectivity index (χ2n) is 4.59. The molecule has 104 valence electrons. The van der Waals surface area contributed by atoms with Crippen molar-refractivity contribution in [1.82, 2.24) is 9.78 Å². The fourth-order valence-electron chi connectivity index (χ4n) is 2.28. The molecule has 1 aromatic carbocycles. The number of hydrogen-bond acceptors (Lipinski definition) is 3. The van der Waals surface area contributed by atoms with Crippen molar-refractivity contribution in [3.63, 3.8) is 0 Å². The summed E-state index contributed by atoms with van der Waals surface area (Å²) in [7, 11) is 1.65. The summed E-state index contributed by atoms with van der Waals surface area (Å²) in [5.41, 5.74) is 3.56. The average Bonchev–Trinajstić information content (AvgIpc) is 2.85. The van der Waals surface area contributed by atoms with E-state index in [4.69, 9.17) is 4.74 Å². The minimum Gasteiger partial charge on any atom is -0.497 e. The Balaban J connectivity index is 2.54. The lowest BCUT2D eigenvalue weighted by atomic mass is 10.1. The molecule has 0 fully saturated rings. The van der Waals surface area contributed by atoms with Crippen molar-refractivity contribution in [2.75, 3.05) is 7.11 Å². The molecule has 0 aliphatic heterocycles. The van der Waals surface area contributed by atoms with E-state index in [2.05, 4.69) is 18.1 Å². The molecule has 1 heterocycles. The van der Waals surface area contributed by atoms with Gasteiger partial charge in [-0.1, -0.05) is 20.3 Å². The Morgan fingerprint density at radius 2 is 1.95 bits per heavy atom. The van der Waals surface area contributed by atoms with Crippen molar-refractivity contribution in [2.45, 2.75) is 33.1 Å². The number of nitrogens with zero attached hydrogens (tertiary/aromatic N) is 3. The molecular weight excluding hydrogens is 250 g/mol. The second-order valence-corrected chi connectivity index (χ2v) is 4.59. The van der Waals surface area contributed by atoms with Crippen LogP contribution in [0.1, 0.15) is 37.2 Å². The first-order valence-corrected chi connectivity index (χ1v) is 6.90. The smallest absolute Gasteiger partial charge is 0.119 e. The first-order valence-electron chi connectivity index (χ1n) is 6.90. The van der Waals surface area contributed by atoms with Crippen LogP contribution >= 0.6 is 0 Å². The highest BCUT2D eigenvalue weighted by Crippen LogP contribution is 2.22. The largest absolute Gasteiger partial charge is 0.497 e. The Kier molecular flexibility index (Phi) is 4.41. The van der Waals surface area contributed by atoms with Gasteiger partial charge in [0, 0.05) is 0 Å². The van der Waals surface area contributed by atoms with Gasteiger partial charge in [0.25, 0.3) is 0 Å². The van der Waals surface area contributed by atoms with Crippen LogP contribution in [0.15, 0.2) is 24.3 Å². The molecule has 0 spiro atoms. The summed E-state index contributed by atoms with van der Waals surface area (Å²) in [6, 6.07) is 10.0. The van der Waals surface area contributed by atoms with E-state index in [9.17, 15) is 5.26 Å². The molecule has 0 bridgehead atoms. The number of nitriles is 1. The van der Waals surface area contributed by atoms with Crippen LogP contribution < -0.4 is 4.74 Å². The van der Waals surface area contributed by atoms with Gasteiger partial charge in [-0.15, -0.1) is 0 Å². The van der Waals surface area contributed by atoms with Crippen LogP contribution in [-0.4, -0.2) is 16.9 Å². The molecule has 0 atom stereocenters. The van der Waals surface area contributed by atoms with E-state index >= 15 is 0 Å². The Morgan fingerprint density at radius 3 is 2.45 bits per heavy atom. The molecule has 20 heavy (non-hydrogen) atoms. The number of methoxy groups -OCH3 is 1. The summed E-state index contributed by atoms with van der Waals surface area (Å²) in [6.45, 7) is 4.13. The molecule has 1 aromatic heterocycles. The zero-order valence-electron chi connectivity index (χ0n) is 12.2. The van der Waals surface area contributed by atoms with E-state index in [-0.39, 0.29) is 0 Å². The number of hydrogen-bond donors (Lipinski definition) is 0. The number of aromatic nitrogens is 2. The van der Waals surface area contributed by atoms with Crippen molar-refractivity contribution in [3.05, 3.63) is 41.2 Å². The molecule has 0 saturated heterocycles. The minimum absolute atomic E-state index is 0.727. The highest BCUT2D eigenvalue weighted by atomic mass is 16.5. The predicted octanol–water partition coefficient (Wildman–Crippen LogP) is 3.27. The Morgan fingerprint density at radius 1 is 1.25 bits per heavy atom. The summed E-state index contributed by atoms with van der Waals surface area (Å²) in [6.07, 6.45) is 2.60. The second kappa shape index (κ2) is 6.25.